The summed E-state index contributed by atoms with van der Waals surface area (Å²) in [5.74, 6) is 1.11. The van der Waals surface area contributed by atoms with Crippen molar-refractivity contribution in [1.82, 2.24) is 10.6 Å². The lowest BCUT2D eigenvalue weighted by Gasteiger charge is -2.13. The van der Waals surface area contributed by atoms with Gasteiger partial charge in [0.1, 0.15) is 11.5 Å². The summed E-state index contributed by atoms with van der Waals surface area (Å²) in [6, 6.07) is 14.6. The lowest BCUT2D eigenvalue weighted by molar-refractivity contribution is -0.121. The van der Waals surface area contributed by atoms with Crippen LogP contribution in [0.5, 0.6) is 11.5 Å². The Hall–Kier alpha value is -2.90. The van der Waals surface area contributed by atoms with E-state index in [2.05, 4.69) is 16.0 Å². The highest BCUT2D eigenvalue weighted by Crippen LogP contribution is 2.23. The van der Waals surface area contributed by atoms with Crippen LogP contribution in [0.3, 0.4) is 0 Å². The minimum absolute atomic E-state index is 0.0512. The summed E-state index contributed by atoms with van der Waals surface area (Å²) in [5.41, 5.74) is 7.15. The van der Waals surface area contributed by atoms with Gasteiger partial charge in [-0.25, -0.2) is 0 Å². The van der Waals surface area contributed by atoms with Gasteiger partial charge in [0.05, 0.1) is 12.6 Å². The molecule has 1 heterocycles. The molecular weight excluding hydrogens is 344 g/mol. The van der Waals surface area contributed by atoms with Crippen molar-refractivity contribution in [1.29, 1.82) is 0 Å². The average Bonchev–Trinajstić information content (AvgIpc) is 3.13. The maximum absolute atomic E-state index is 12.4. The zero-order chi connectivity index (χ0) is 19.2. The molecule has 0 spiro atoms. The summed E-state index contributed by atoms with van der Waals surface area (Å²) in [5, 5.41) is 8.78. The number of aryl methyl sites for hydroxylation is 1. The zero-order valence-electron chi connectivity index (χ0n) is 15.2. The van der Waals surface area contributed by atoms with E-state index in [1.54, 1.807) is 12.1 Å². The highest BCUT2D eigenvalue weighted by Gasteiger charge is 2.30. The van der Waals surface area contributed by atoms with Crippen molar-refractivity contribution in [3.8, 4) is 11.5 Å². The molecule has 5 N–H and O–H groups in total. The molecule has 27 heavy (non-hydrogen) atoms. The summed E-state index contributed by atoms with van der Waals surface area (Å²) in [6.45, 7) is 2.52. The Balaban J connectivity index is 1.51. The van der Waals surface area contributed by atoms with Crippen molar-refractivity contribution in [2.45, 2.75) is 25.4 Å². The van der Waals surface area contributed by atoms with Crippen molar-refractivity contribution in [2.75, 3.05) is 18.4 Å². The predicted octanol–water partition coefficient (Wildman–Crippen LogP) is 1.53. The van der Waals surface area contributed by atoms with Crippen LogP contribution < -0.4 is 26.4 Å². The minimum Gasteiger partial charge on any atom is -0.457 e. The van der Waals surface area contributed by atoms with Gasteiger partial charge in [0.15, 0.2) is 0 Å². The van der Waals surface area contributed by atoms with Crippen molar-refractivity contribution in [3.05, 3.63) is 54.1 Å². The first-order valence-electron chi connectivity index (χ1n) is 8.92. The van der Waals surface area contributed by atoms with Gasteiger partial charge in [-0.15, -0.1) is 0 Å². The number of rotatable bonds is 6. The Morgan fingerprint density at radius 1 is 1.11 bits per heavy atom. The van der Waals surface area contributed by atoms with Gasteiger partial charge in [-0.3, -0.25) is 9.59 Å². The largest absolute Gasteiger partial charge is 0.457 e. The molecule has 0 unspecified atom stereocenters. The number of hydrogen-bond donors (Lipinski definition) is 4. The van der Waals surface area contributed by atoms with E-state index in [0.717, 1.165) is 5.75 Å². The molecule has 1 aliphatic heterocycles. The molecule has 2 atom stereocenters. The van der Waals surface area contributed by atoms with E-state index >= 15 is 0 Å². The number of anilines is 1. The van der Waals surface area contributed by atoms with Crippen LogP contribution in [0.25, 0.3) is 0 Å². The third-order valence-electron chi connectivity index (χ3n) is 4.38. The molecule has 7 nitrogen and oxygen atoms in total. The molecule has 0 saturated carbocycles. The molecule has 7 heteroatoms. The van der Waals surface area contributed by atoms with Gasteiger partial charge in [-0.05, 0) is 49.7 Å². The molecule has 2 aromatic carbocycles. The fourth-order valence-corrected chi connectivity index (χ4v) is 2.91. The Bertz CT molecular complexity index is 790. The van der Waals surface area contributed by atoms with Crippen molar-refractivity contribution >= 4 is 17.5 Å². The fourth-order valence-electron chi connectivity index (χ4n) is 2.91. The molecular formula is C20H24N4O3. The van der Waals surface area contributed by atoms with Crippen molar-refractivity contribution in [2.24, 2.45) is 5.73 Å². The molecule has 3 rings (SSSR count). The summed E-state index contributed by atoms with van der Waals surface area (Å²) in [4.78, 5) is 23.7. The highest BCUT2D eigenvalue weighted by atomic mass is 16.5. The molecule has 1 aliphatic rings. The van der Waals surface area contributed by atoms with Crippen LogP contribution in [0, 0.1) is 6.92 Å². The summed E-state index contributed by atoms with van der Waals surface area (Å²) >= 11 is 0. The van der Waals surface area contributed by atoms with E-state index in [9.17, 15) is 9.59 Å². The van der Waals surface area contributed by atoms with Gasteiger partial charge in [-0.2, -0.15) is 0 Å². The Labute approximate surface area is 158 Å². The molecule has 142 valence electrons. The third kappa shape index (κ3) is 5.29. The molecule has 1 fully saturated rings. The first-order valence-corrected chi connectivity index (χ1v) is 8.92. The molecule has 0 aromatic heterocycles. The summed E-state index contributed by atoms with van der Waals surface area (Å²) in [6.07, 6.45) is 0.534. The summed E-state index contributed by atoms with van der Waals surface area (Å²) < 4.78 is 5.78. The zero-order valence-corrected chi connectivity index (χ0v) is 15.2. The monoisotopic (exact) mass is 368 g/mol. The number of nitrogens with two attached hydrogens (primary N) is 1. The van der Waals surface area contributed by atoms with Crippen LogP contribution in [0.4, 0.5) is 5.69 Å². The van der Waals surface area contributed by atoms with Crippen molar-refractivity contribution in [3.63, 3.8) is 0 Å². The maximum Gasteiger partial charge on any atom is 0.241 e. The van der Waals surface area contributed by atoms with E-state index < -0.39 is 0 Å². The van der Waals surface area contributed by atoms with Crippen LogP contribution in [-0.4, -0.2) is 37.0 Å². The third-order valence-corrected chi connectivity index (χ3v) is 4.38. The van der Waals surface area contributed by atoms with Crippen molar-refractivity contribution < 1.29 is 14.3 Å². The Kier molecular flexibility index (Phi) is 6.05. The Morgan fingerprint density at radius 2 is 1.74 bits per heavy atom. The smallest absolute Gasteiger partial charge is 0.241 e. The predicted molar refractivity (Wildman–Crippen MR) is 104 cm³/mol. The Morgan fingerprint density at radius 3 is 2.37 bits per heavy atom. The van der Waals surface area contributed by atoms with Gasteiger partial charge in [0, 0.05) is 18.3 Å². The van der Waals surface area contributed by atoms with Gasteiger partial charge in [0.2, 0.25) is 11.8 Å². The number of amides is 2. The van der Waals surface area contributed by atoms with E-state index in [1.165, 1.54) is 5.56 Å². The van der Waals surface area contributed by atoms with Gasteiger partial charge in [-0.1, -0.05) is 17.7 Å². The number of hydrogen-bond acceptors (Lipinski definition) is 5. The highest BCUT2D eigenvalue weighted by molar-refractivity contribution is 5.95. The molecule has 1 saturated heterocycles. The molecule has 0 bridgehead atoms. The van der Waals surface area contributed by atoms with Crippen LogP contribution in [0.15, 0.2) is 48.5 Å². The van der Waals surface area contributed by atoms with Gasteiger partial charge < -0.3 is 26.4 Å². The maximum atomic E-state index is 12.4. The lowest BCUT2D eigenvalue weighted by Crippen LogP contribution is -2.39. The molecule has 2 amide bonds. The normalized spacial score (nSPS) is 18.7. The minimum atomic E-state index is -0.350. The second-order valence-electron chi connectivity index (χ2n) is 6.59. The number of ether oxygens (including phenoxy) is 1. The second-order valence-corrected chi connectivity index (χ2v) is 6.59. The first kappa shape index (κ1) is 18.9. The fraction of sp³-hybridized carbons (Fsp3) is 0.300. The quantitative estimate of drug-likeness (QED) is 0.619. The van der Waals surface area contributed by atoms with Crippen LogP contribution in [0.1, 0.15) is 12.0 Å². The van der Waals surface area contributed by atoms with Crippen LogP contribution >= 0.6 is 0 Å². The number of carbonyl (C=O) groups is 2. The number of nitrogens with one attached hydrogen (secondary N) is 3. The van der Waals surface area contributed by atoms with E-state index in [-0.39, 0.29) is 30.4 Å². The molecule has 0 radical (unpaired) electrons. The van der Waals surface area contributed by atoms with Gasteiger partial charge >= 0.3 is 0 Å². The van der Waals surface area contributed by atoms with E-state index in [0.29, 0.717) is 24.4 Å². The van der Waals surface area contributed by atoms with E-state index in [4.69, 9.17) is 10.5 Å². The average molecular weight is 368 g/mol. The number of carbonyl (C=O) groups excluding carboxylic acids is 2. The topological polar surface area (TPSA) is 105 Å². The standard InChI is InChI=1S/C20H24N4O3/c1-13-2-6-16(7-3-13)27-17-8-4-14(5-9-17)24-20(26)18-10-15(12-22-18)23-19(25)11-21/h2-9,15,18,22H,10-12,21H2,1H3,(H,23,25)(H,24,26)/t15-,18+/m1/s1. The molecule has 2 aromatic rings. The first-order chi connectivity index (χ1) is 13.0. The van der Waals surface area contributed by atoms with Crippen LogP contribution in [0.2, 0.25) is 0 Å². The second kappa shape index (κ2) is 8.66. The SMILES string of the molecule is Cc1ccc(Oc2ccc(NC(=O)[C@@H]3C[C@@H](NC(=O)CN)CN3)cc2)cc1. The van der Waals surface area contributed by atoms with Gasteiger partial charge in [0.25, 0.3) is 0 Å². The lowest BCUT2D eigenvalue weighted by atomic mass is 10.1. The summed E-state index contributed by atoms with van der Waals surface area (Å²) in [7, 11) is 0. The van der Waals surface area contributed by atoms with Crippen LogP contribution in [-0.2, 0) is 9.59 Å². The van der Waals surface area contributed by atoms with E-state index in [1.807, 2.05) is 43.3 Å². The molecule has 0 aliphatic carbocycles. The number of benzene rings is 2.